The number of nitrogens with one attached hydrogen (secondary N) is 1. The lowest BCUT2D eigenvalue weighted by Crippen LogP contribution is -2.18. The number of sulfonamides is 1. The molecule has 0 atom stereocenters. The van der Waals surface area contributed by atoms with Gasteiger partial charge < -0.3 is 9.47 Å². The largest absolute Gasteiger partial charge is 0.465 e. The number of nitrogens with zero attached hydrogens (tertiary/aromatic N) is 4. The molecule has 0 bridgehead atoms. The van der Waals surface area contributed by atoms with E-state index in [9.17, 15) is 17.6 Å². The van der Waals surface area contributed by atoms with Crippen LogP contribution in [0.2, 0.25) is 10.0 Å². The number of methoxy groups -OCH3 is 1. The molecule has 1 N–H and O–H groups in total. The number of hydrogen-bond acceptors (Lipinski definition) is 8. The minimum absolute atomic E-state index is 0.0899. The van der Waals surface area contributed by atoms with Crippen LogP contribution in [0, 0.1) is 5.95 Å². The molecule has 0 fully saturated rings. The van der Waals surface area contributed by atoms with Crippen molar-refractivity contribution in [3.63, 3.8) is 0 Å². The predicted octanol–water partition coefficient (Wildman–Crippen LogP) is 2.56. The molecular formula is C15H12Cl2FN5O5S. The van der Waals surface area contributed by atoms with Gasteiger partial charge in [0.25, 0.3) is 15.2 Å². The first-order valence-electron chi connectivity index (χ1n) is 7.82. The molecule has 0 saturated carbocycles. The van der Waals surface area contributed by atoms with Crippen LogP contribution >= 0.6 is 23.2 Å². The lowest BCUT2D eigenvalue weighted by molar-refractivity contribution is 0.0602. The van der Waals surface area contributed by atoms with Gasteiger partial charge in [0.05, 0.1) is 30.0 Å². The van der Waals surface area contributed by atoms with E-state index in [4.69, 9.17) is 27.9 Å². The van der Waals surface area contributed by atoms with Gasteiger partial charge in [0, 0.05) is 11.1 Å². The maximum Gasteiger partial charge on any atom is 0.340 e. The van der Waals surface area contributed by atoms with Gasteiger partial charge >= 0.3 is 12.0 Å². The number of halogens is 3. The second-order valence-electron chi connectivity index (χ2n) is 5.37. The number of ether oxygens (including phenoxy) is 2. The zero-order chi connectivity index (χ0) is 21.3. The fraction of sp³-hybridized carbons (Fsp3) is 0.200. The number of carbonyl (C=O) groups excluding carboxylic acids is 1. The molecule has 29 heavy (non-hydrogen) atoms. The van der Waals surface area contributed by atoms with E-state index in [1.807, 2.05) is 0 Å². The highest BCUT2D eigenvalue weighted by Crippen LogP contribution is 2.32. The predicted molar refractivity (Wildman–Crippen MR) is 101 cm³/mol. The molecule has 3 rings (SSSR count). The third-order valence-corrected chi connectivity index (χ3v) is 5.10. The first-order chi connectivity index (χ1) is 13.7. The fourth-order valence-corrected chi connectivity index (χ4v) is 3.86. The summed E-state index contributed by atoms with van der Waals surface area (Å²) < 4.78 is 52.0. The summed E-state index contributed by atoms with van der Waals surface area (Å²) in [4.78, 5) is 19.3. The molecule has 2 aromatic heterocycles. The zero-order valence-electron chi connectivity index (χ0n) is 14.8. The highest BCUT2D eigenvalue weighted by molar-refractivity contribution is 7.92. The summed E-state index contributed by atoms with van der Waals surface area (Å²) in [5.74, 6) is -1.81. The van der Waals surface area contributed by atoms with E-state index in [1.54, 1.807) is 6.92 Å². The van der Waals surface area contributed by atoms with Gasteiger partial charge in [0.1, 0.15) is 0 Å². The van der Waals surface area contributed by atoms with E-state index < -0.39 is 27.1 Å². The second kappa shape index (κ2) is 7.97. The van der Waals surface area contributed by atoms with Crippen LogP contribution in [0.5, 0.6) is 6.01 Å². The Bertz CT molecular complexity index is 1220. The number of benzene rings is 1. The molecule has 0 spiro atoms. The fourth-order valence-electron chi connectivity index (χ4n) is 2.28. The Morgan fingerprint density at radius 1 is 1.28 bits per heavy atom. The van der Waals surface area contributed by atoms with Crippen molar-refractivity contribution < 1.29 is 27.1 Å². The lowest BCUT2D eigenvalue weighted by Gasteiger charge is -2.12. The highest BCUT2D eigenvalue weighted by Gasteiger charge is 2.27. The molecule has 2 heterocycles. The molecule has 10 nitrogen and oxygen atoms in total. The van der Waals surface area contributed by atoms with E-state index in [0.29, 0.717) is 0 Å². The average Bonchev–Trinajstić information content (AvgIpc) is 3.08. The van der Waals surface area contributed by atoms with Gasteiger partial charge in [-0.15, -0.1) is 5.10 Å². The molecule has 0 aliphatic heterocycles. The minimum atomic E-state index is -4.45. The van der Waals surface area contributed by atoms with Crippen LogP contribution in [-0.2, 0) is 14.8 Å². The first kappa shape index (κ1) is 21.0. The van der Waals surface area contributed by atoms with Gasteiger partial charge in [-0.2, -0.15) is 27.3 Å². The van der Waals surface area contributed by atoms with Crippen LogP contribution in [0.4, 0.5) is 10.1 Å². The smallest absolute Gasteiger partial charge is 0.340 e. The van der Waals surface area contributed by atoms with E-state index in [-0.39, 0.29) is 39.6 Å². The van der Waals surface area contributed by atoms with Crippen molar-refractivity contribution >= 4 is 50.5 Å². The van der Waals surface area contributed by atoms with Crippen LogP contribution in [0.1, 0.15) is 17.3 Å². The summed E-state index contributed by atoms with van der Waals surface area (Å²) >= 11 is 11.9. The van der Waals surface area contributed by atoms with Crippen molar-refractivity contribution in [1.82, 2.24) is 19.6 Å². The van der Waals surface area contributed by atoms with Gasteiger partial charge in [-0.25, -0.2) is 4.79 Å². The lowest BCUT2D eigenvalue weighted by atomic mass is 10.2. The monoisotopic (exact) mass is 463 g/mol. The van der Waals surface area contributed by atoms with E-state index >= 15 is 0 Å². The topological polar surface area (TPSA) is 125 Å². The molecule has 0 aliphatic carbocycles. The number of anilines is 1. The Morgan fingerprint density at radius 3 is 2.66 bits per heavy atom. The summed E-state index contributed by atoms with van der Waals surface area (Å²) in [5, 5.41) is 3.00. The van der Waals surface area contributed by atoms with Crippen LogP contribution in [0.3, 0.4) is 0 Å². The van der Waals surface area contributed by atoms with Crippen LogP contribution in [0.15, 0.2) is 23.4 Å². The maximum absolute atomic E-state index is 13.6. The normalized spacial score (nSPS) is 11.5. The Balaban J connectivity index is 2.10. The number of hydrogen-bond donors (Lipinski definition) is 1. The highest BCUT2D eigenvalue weighted by atomic mass is 35.5. The molecule has 0 amide bonds. The van der Waals surface area contributed by atoms with E-state index in [0.717, 1.165) is 17.7 Å². The van der Waals surface area contributed by atoms with Gasteiger partial charge in [-0.05, 0) is 19.1 Å². The van der Waals surface area contributed by atoms with Crippen LogP contribution < -0.4 is 9.46 Å². The Kier molecular flexibility index (Phi) is 5.78. The van der Waals surface area contributed by atoms with E-state index in [1.165, 1.54) is 12.1 Å². The van der Waals surface area contributed by atoms with Gasteiger partial charge in [-0.3, -0.25) is 4.72 Å². The Labute approximate surface area is 173 Å². The number of aromatic nitrogens is 4. The molecular weight excluding hydrogens is 452 g/mol. The van der Waals surface area contributed by atoms with Crippen molar-refractivity contribution in [3.05, 3.63) is 39.8 Å². The van der Waals surface area contributed by atoms with Crippen LogP contribution in [0.25, 0.3) is 5.65 Å². The zero-order valence-corrected chi connectivity index (χ0v) is 17.1. The van der Waals surface area contributed by atoms with Gasteiger partial charge in [-0.1, -0.05) is 23.2 Å². The molecule has 0 unspecified atom stereocenters. The van der Waals surface area contributed by atoms with Crippen molar-refractivity contribution in [3.8, 4) is 6.01 Å². The molecule has 14 heteroatoms. The quantitative estimate of drug-likeness (QED) is 0.436. The molecule has 0 radical (unpaired) electrons. The summed E-state index contributed by atoms with van der Waals surface area (Å²) in [7, 11) is -3.35. The SMILES string of the molecule is CCOc1nc(F)cc2nc(S(=O)(=O)Nc3c(Cl)cc(Cl)cc3C(=O)OC)nn12. The Hall–Kier alpha value is -2.70. The third kappa shape index (κ3) is 4.18. The molecule has 0 saturated heterocycles. The van der Waals surface area contributed by atoms with Crippen molar-refractivity contribution in [2.45, 2.75) is 12.1 Å². The maximum atomic E-state index is 13.6. The average molecular weight is 464 g/mol. The van der Waals surface area contributed by atoms with Crippen molar-refractivity contribution in [1.29, 1.82) is 0 Å². The number of carbonyl (C=O) groups is 1. The van der Waals surface area contributed by atoms with Crippen LogP contribution in [-0.4, -0.2) is 47.7 Å². The van der Waals surface area contributed by atoms with Gasteiger partial charge in [0.2, 0.25) is 5.95 Å². The number of rotatable bonds is 6. The third-order valence-electron chi connectivity index (χ3n) is 3.46. The summed E-state index contributed by atoms with van der Waals surface area (Å²) in [6.45, 7) is 1.76. The second-order valence-corrected chi connectivity index (χ2v) is 7.79. The summed E-state index contributed by atoms with van der Waals surface area (Å²) in [5.41, 5.74) is -0.659. The first-order valence-corrected chi connectivity index (χ1v) is 10.1. The van der Waals surface area contributed by atoms with Crippen molar-refractivity contribution in [2.75, 3.05) is 18.4 Å². The number of fused-ring (bicyclic) bond motifs is 1. The summed E-state index contributed by atoms with van der Waals surface area (Å²) in [6.07, 6.45) is 0. The minimum Gasteiger partial charge on any atom is -0.465 e. The molecule has 3 aromatic rings. The standard InChI is InChI=1S/C15H12Cl2FN5O5S/c1-3-28-15-19-10(18)6-11-20-14(21-23(11)15)29(25,26)22-12-8(13(24)27-2)4-7(16)5-9(12)17/h4-6,22H,3H2,1-2H3. The summed E-state index contributed by atoms with van der Waals surface area (Å²) in [6, 6.07) is 3.01. The van der Waals surface area contributed by atoms with Crippen molar-refractivity contribution in [2.24, 2.45) is 0 Å². The molecule has 154 valence electrons. The number of esters is 1. The molecule has 0 aliphatic rings. The Morgan fingerprint density at radius 2 is 2.00 bits per heavy atom. The van der Waals surface area contributed by atoms with Gasteiger partial charge in [0.15, 0.2) is 5.65 Å². The molecule has 1 aromatic carbocycles. The van der Waals surface area contributed by atoms with E-state index in [2.05, 4.69) is 24.5 Å².